The molecule has 0 aliphatic carbocycles. The summed E-state index contributed by atoms with van der Waals surface area (Å²) < 4.78 is 0. The van der Waals surface area contributed by atoms with Crippen LogP contribution in [-0.4, -0.2) is 12.6 Å². The molecule has 0 aromatic heterocycles. The minimum atomic E-state index is 0. The van der Waals surface area contributed by atoms with E-state index < -0.39 is 0 Å². The van der Waals surface area contributed by atoms with Gasteiger partial charge < -0.3 is 5.32 Å². The summed E-state index contributed by atoms with van der Waals surface area (Å²) in [6.07, 6.45) is 17.1. The van der Waals surface area contributed by atoms with Crippen LogP contribution in [-0.2, 0) is 32.7 Å². The molecule has 113 valence electrons. The summed E-state index contributed by atoms with van der Waals surface area (Å²) >= 11 is 0. The maximum atomic E-state index is 4.51. The van der Waals surface area contributed by atoms with E-state index in [1.54, 1.807) is 0 Å². The van der Waals surface area contributed by atoms with Gasteiger partial charge in [0.05, 0.1) is 0 Å². The van der Waals surface area contributed by atoms with Gasteiger partial charge in [0, 0.05) is 32.7 Å². The smallest absolute Gasteiger partial charge is 0 e. The molecule has 2 heteroatoms. The predicted octanol–water partition coefficient (Wildman–Crippen LogP) is 6.47. The van der Waals surface area contributed by atoms with E-state index in [4.69, 9.17) is 0 Å². The van der Waals surface area contributed by atoms with Crippen LogP contribution in [0.5, 0.6) is 0 Å². The molecule has 1 nitrogen and oxygen atoms in total. The van der Waals surface area contributed by atoms with Gasteiger partial charge in [-0.2, -0.15) is 0 Å². The molecule has 0 spiro atoms. The third kappa shape index (κ3) is 21.5. The second-order valence-electron chi connectivity index (χ2n) is 5.89. The summed E-state index contributed by atoms with van der Waals surface area (Å²) in [7, 11) is 0. The Bertz CT molecular complexity index is 148. The van der Waals surface area contributed by atoms with Gasteiger partial charge in [0.2, 0.25) is 0 Å². The zero-order valence-electron chi connectivity index (χ0n) is 13.8. The molecule has 0 saturated carbocycles. The Labute approximate surface area is 148 Å². The average Bonchev–Trinajstić information content (AvgIpc) is 2.34. The van der Waals surface area contributed by atoms with Gasteiger partial charge in [-0.3, -0.25) is 0 Å². The minimum absolute atomic E-state index is 0. The standard InChI is InChI=1S/C17H36N.Y/c1-4-5-6-7-8-9-10-11-12-13-14-15-16-18-17(2)3;/h17H,4-16H2,1-3H3;/q-1;. The van der Waals surface area contributed by atoms with Crippen LogP contribution >= 0.6 is 0 Å². The Morgan fingerprint density at radius 2 is 1.00 bits per heavy atom. The fraction of sp³-hybridized carbons (Fsp3) is 1.00. The number of nitrogens with zero attached hydrogens (tertiary/aromatic N) is 1. The largest absolute Gasteiger partial charge is 0.660 e. The first-order valence-corrected chi connectivity index (χ1v) is 8.44. The third-order valence-corrected chi connectivity index (χ3v) is 3.51. The Hall–Kier alpha value is 1.06. The van der Waals surface area contributed by atoms with E-state index in [2.05, 4.69) is 26.1 Å². The van der Waals surface area contributed by atoms with Crippen molar-refractivity contribution in [2.45, 2.75) is 104 Å². The first kappa shape index (κ1) is 22.3. The van der Waals surface area contributed by atoms with Crippen molar-refractivity contribution < 1.29 is 32.7 Å². The summed E-state index contributed by atoms with van der Waals surface area (Å²) in [6, 6.07) is 0.526. The van der Waals surface area contributed by atoms with Gasteiger partial charge in [-0.25, -0.2) is 0 Å². The third-order valence-electron chi connectivity index (χ3n) is 3.51. The second-order valence-corrected chi connectivity index (χ2v) is 5.89. The molecule has 0 atom stereocenters. The van der Waals surface area contributed by atoms with Crippen molar-refractivity contribution in [3.05, 3.63) is 5.32 Å². The number of hydrogen-bond donors (Lipinski definition) is 0. The number of hydrogen-bond acceptors (Lipinski definition) is 0. The Kier molecular flexibility index (Phi) is 22.4. The fourth-order valence-electron chi connectivity index (χ4n) is 2.30. The number of rotatable bonds is 14. The van der Waals surface area contributed by atoms with Gasteiger partial charge in [0.25, 0.3) is 0 Å². The molecule has 1 radical (unpaired) electrons. The molecule has 0 aliphatic heterocycles. The molecule has 0 unspecified atom stereocenters. The Morgan fingerprint density at radius 3 is 1.37 bits per heavy atom. The molecule has 0 N–H and O–H groups in total. The molecular weight excluding hydrogens is 307 g/mol. The van der Waals surface area contributed by atoms with Crippen LogP contribution in [0.3, 0.4) is 0 Å². The SMILES string of the molecule is CCCCCCCCCCCCCC[N-]C(C)C.[Y]. The molecule has 0 heterocycles. The van der Waals surface area contributed by atoms with Crippen molar-refractivity contribution in [1.29, 1.82) is 0 Å². The number of unbranched alkanes of at least 4 members (excludes halogenated alkanes) is 11. The van der Waals surface area contributed by atoms with Crippen molar-refractivity contribution in [3.8, 4) is 0 Å². The van der Waals surface area contributed by atoms with Crippen molar-refractivity contribution in [1.82, 2.24) is 0 Å². The molecule has 0 bridgehead atoms. The molecule has 0 rings (SSSR count). The maximum Gasteiger partial charge on any atom is 0 e. The topological polar surface area (TPSA) is 14.1 Å². The maximum absolute atomic E-state index is 4.51. The summed E-state index contributed by atoms with van der Waals surface area (Å²) in [5.74, 6) is 0. The van der Waals surface area contributed by atoms with E-state index in [0.29, 0.717) is 6.04 Å². The van der Waals surface area contributed by atoms with Gasteiger partial charge in [-0.1, -0.05) is 97.8 Å². The van der Waals surface area contributed by atoms with Gasteiger partial charge in [-0.15, -0.1) is 12.6 Å². The van der Waals surface area contributed by atoms with Crippen LogP contribution in [0.15, 0.2) is 0 Å². The summed E-state index contributed by atoms with van der Waals surface area (Å²) in [4.78, 5) is 0. The van der Waals surface area contributed by atoms with Crippen molar-refractivity contribution >= 4 is 0 Å². The van der Waals surface area contributed by atoms with Crippen LogP contribution in [0, 0.1) is 0 Å². The zero-order valence-corrected chi connectivity index (χ0v) is 16.6. The normalized spacial score (nSPS) is 10.7. The quantitative estimate of drug-likeness (QED) is 0.321. The van der Waals surface area contributed by atoms with E-state index in [-0.39, 0.29) is 32.7 Å². The average molecular weight is 343 g/mol. The first-order chi connectivity index (χ1) is 8.77. The van der Waals surface area contributed by atoms with Gasteiger partial charge in [0.15, 0.2) is 0 Å². The monoisotopic (exact) mass is 343 g/mol. The van der Waals surface area contributed by atoms with Crippen molar-refractivity contribution in [2.75, 3.05) is 6.54 Å². The summed E-state index contributed by atoms with van der Waals surface area (Å²) in [5.41, 5.74) is 0. The molecule has 0 amide bonds. The van der Waals surface area contributed by atoms with Gasteiger partial charge in [-0.05, 0) is 0 Å². The minimum Gasteiger partial charge on any atom is -0.660 e. The van der Waals surface area contributed by atoms with Crippen LogP contribution in [0.2, 0.25) is 0 Å². The van der Waals surface area contributed by atoms with Crippen molar-refractivity contribution in [2.24, 2.45) is 0 Å². The Balaban J connectivity index is 0. The molecule has 0 saturated heterocycles. The van der Waals surface area contributed by atoms with E-state index in [9.17, 15) is 0 Å². The van der Waals surface area contributed by atoms with E-state index in [1.807, 2.05) is 0 Å². The fourth-order valence-corrected chi connectivity index (χ4v) is 2.30. The summed E-state index contributed by atoms with van der Waals surface area (Å²) in [6.45, 7) is 7.70. The van der Waals surface area contributed by atoms with Gasteiger partial charge in [0.1, 0.15) is 0 Å². The zero-order chi connectivity index (χ0) is 13.5. The van der Waals surface area contributed by atoms with Crippen LogP contribution in [0.4, 0.5) is 0 Å². The van der Waals surface area contributed by atoms with Crippen LogP contribution in [0.25, 0.3) is 5.32 Å². The molecule has 0 aromatic carbocycles. The van der Waals surface area contributed by atoms with Crippen LogP contribution < -0.4 is 0 Å². The summed E-state index contributed by atoms with van der Waals surface area (Å²) in [5, 5.41) is 4.51. The van der Waals surface area contributed by atoms with E-state index in [0.717, 1.165) is 6.54 Å². The molecule has 19 heavy (non-hydrogen) atoms. The first-order valence-electron chi connectivity index (χ1n) is 8.44. The second kappa shape index (κ2) is 19.1. The van der Waals surface area contributed by atoms with Crippen LogP contribution in [0.1, 0.15) is 97.8 Å². The van der Waals surface area contributed by atoms with Gasteiger partial charge >= 0.3 is 0 Å². The predicted molar refractivity (Wildman–Crippen MR) is 84.4 cm³/mol. The molecule has 0 aromatic rings. The Morgan fingerprint density at radius 1 is 0.632 bits per heavy atom. The van der Waals surface area contributed by atoms with E-state index >= 15 is 0 Å². The van der Waals surface area contributed by atoms with E-state index in [1.165, 1.54) is 77.0 Å². The van der Waals surface area contributed by atoms with Crippen molar-refractivity contribution in [3.63, 3.8) is 0 Å². The molecule has 0 aliphatic rings. The molecule has 0 fully saturated rings. The molecular formula is C17H36NY-.